The molecule has 0 unspecified atom stereocenters. The number of ether oxygens (including phenoxy) is 1. The molecule has 3 aromatic rings. The number of hydrogen-bond acceptors (Lipinski definition) is 4. The van der Waals surface area contributed by atoms with Gasteiger partial charge in [0.15, 0.2) is 0 Å². The minimum atomic E-state index is 0.0926. The third-order valence-electron chi connectivity index (χ3n) is 4.42. The number of fused-ring (bicyclic) bond motifs is 1. The van der Waals surface area contributed by atoms with E-state index in [-0.39, 0.29) is 5.91 Å². The third kappa shape index (κ3) is 5.22. The number of amides is 1. The summed E-state index contributed by atoms with van der Waals surface area (Å²) in [6, 6.07) is 16.1. The standard InChI is InChI=1S/C21H23ClN2O2S/c1-23(13-19-8-9-20(22)27-19)14-21(25)24(2)12-15-4-5-17-11-18(26-3)7-6-16(17)10-15/h4-11H,12-14H2,1-3H3. The van der Waals surface area contributed by atoms with Crippen molar-refractivity contribution in [1.82, 2.24) is 9.80 Å². The van der Waals surface area contributed by atoms with Gasteiger partial charge in [-0.15, -0.1) is 11.3 Å². The fraction of sp³-hybridized carbons (Fsp3) is 0.286. The van der Waals surface area contributed by atoms with Gasteiger partial charge >= 0.3 is 0 Å². The molecule has 0 atom stereocenters. The van der Waals surface area contributed by atoms with Gasteiger partial charge in [0.2, 0.25) is 5.91 Å². The molecule has 0 aliphatic rings. The van der Waals surface area contributed by atoms with Gasteiger partial charge in [0.05, 0.1) is 18.0 Å². The van der Waals surface area contributed by atoms with Gasteiger partial charge in [0, 0.05) is 25.0 Å². The smallest absolute Gasteiger partial charge is 0.236 e. The Kier molecular flexibility index (Phi) is 6.37. The molecule has 142 valence electrons. The van der Waals surface area contributed by atoms with Crippen molar-refractivity contribution in [3.8, 4) is 5.75 Å². The van der Waals surface area contributed by atoms with Crippen LogP contribution in [0.15, 0.2) is 48.5 Å². The molecule has 4 nitrogen and oxygen atoms in total. The van der Waals surface area contributed by atoms with Crippen molar-refractivity contribution in [2.24, 2.45) is 0 Å². The Morgan fingerprint density at radius 3 is 2.48 bits per heavy atom. The molecular weight excluding hydrogens is 380 g/mol. The van der Waals surface area contributed by atoms with Crippen LogP contribution in [0.2, 0.25) is 4.34 Å². The molecule has 1 amide bonds. The van der Waals surface area contributed by atoms with E-state index >= 15 is 0 Å². The normalized spacial score (nSPS) is 11.1. The molecule has 0 saturated carbocycles. The Hall–Kier alpha value is -2.08. The van der Waals surface area contributed by atoms with Crippen molar-refractivity contribution in [2.45, 2.75) is 13.1 Å². The first kappa shape index (κ1) is 19.7. The van der Waals surface area contributed by atoms with Crippen LogP contribution >= 0.6 is 22.9 Å². The van der Waals surface area contributed by atoms with Gasteiger partial charge in [-0.3, -0.25) is 9.69 Å². The van der Waals surface area contributed by atoms with E-state index in [9.17, 15) is 4.79 Å². The number of nitrogens with zero attached hydrogens (tertiary/aromatic N) is 2. The number of thiophene rings is 1. The van der Waals surface area contributed by atoms with Gasteiger partial charge in [-0.1, -0.05) is 29.8 Å². The molecule has 0 spiro atoms. The second-order valence-corrected chi connectivity index (χ2v) is 8.47. The zero-order valence-electron chi connectivity index (χ0n) is 15.7. The molecule has 6 heteroatoms. The van der Waals surface area contributed by atoms with E-state index in [1.54, 1.807) is 23.3 Å². The maximum atomic E-state index is 12.5. The Bertz CT molecular complexity index is 941. The number of rotatable bonds is 7. The number of carbonyl (C=O) groups is 1. The highest BCUT2D eigenvalue weighted by atomic mass is 35.5. The van der Waals surface area contributed by atoms with Gasteiger partial charge in [0.25, 0.3) is 0 Å². The molecular formula is C21H23ClN2O2S. The highest BCUT2D eigenvalue weighted by Gasteiger charge is 2.13. The van der Waals surface area contributed by atoms with Crippen molar-refractivity contribution in [2.75, 3.05) is 27.7 Å². The molecule has 0 aliphatic carbocycles. The lowest BCUT2D eigenvalue weighted by molar-refractivity contribution is -0.131. The largest absolute Gasteiger partial charge is 0.497 e. The summed E-state index contributed by atoms with van der Waals surface area (Å²) in [5.74, 6) is 0.938. The van der Waals surface area contributed by atoms with E-state index in [0.717, 1.165) is 37.8 Å². The van der Waals surface area contributed by atoms with Crippen LogP contribution in [-0.2, 0) is 17.9 Å². The second kappa shape index (κ2) is 8.74. The average Bonchev–Trinajstić information content (AvgIpc) is 3.05. The van der Waals surface area contributed by atoms with Crippen LogP contribution in [0.1, 0.15) is 10.4 Å². The fourth-order valence-electron chi connectivity index (χ4n) is 2.97. The zero-order chi connectivity index (χ0) is 19.4. The van der Waals surface area contributed by atoms with E-state index in [4.69, 9.17) is 16.3 Å². The lowest BCUT2D eigenvalue weighted by Crippen LogP contribution is -2.35. The van der Waals surface area contributed by atoms with E-state index in [0.29, 0.717) is 13.1 Å². The van der Waals surface area contributed by atoms with Crippen LogP contribution in [0.4, 0.5) is 0 Å². The van der Waals surface area contributed by atoms with Crippen LogP contribution < -0.4 is 4.74 Å². The van der Waals surface area contributed by atoms with Gasteiger partial charge in [-0.05, 0) is 53.7 Å². The molecule has 0 bridgehead atoms. The third-order valence-corrected chi connectivity index (χ3v) is 5.63. The molecule has 3 rings (SSSR count). The predicted octanol–water partition coefficient (Wildman–Crippen LogP) is 4.65. The van der Waals surface area contributed by atoms with E-state index in [2.05, 4.69) is 18.2 Å². The molecule has 1 aromatic heterocycles. The first-order valence-corrected chi connectivity index (χ1v) is 9.87. The van der Waals surface area contributed by atoms with Crippen molar-refractivity contribution >= 4 is 39.6 Å². The first-order valence-electron chi connectivity index (χ1n) is 8.68. The van der Waals surface area contributed by atoms with Crippen LogP contribution in [-0.4, -0.2) is 43.5 Å². The number of likely N-dealkylation sites (N-methyl/N-ethyl adjacent to an activating group) is 2. The Balaban J connectivity index is 1.59. The molecule has 0 radical (unpaired) electrons. The van der Waals surface area contributed by atoms with Crippen molar-refractivity contribution < 1.29 is 9.53 Å². The van der Waals surface area contributed by atoms with Gasteiger partial charge in [-0.25, -0.2) is 0 Å². The van der Waals surface area contributed by atoms with Crippen LogP contribution in [0.3, 0.4) is 0 Å². The highest BCUT2D eigenvalue weighted by molar-refractivity contribution is 7.16. The Labute approximate surface area is 168 Å². The van der Waals surface area contributed by atoms with Crippen LogP contribution in [0.25, 0.3) is 10.8 Å². The van der Waals surface area contributed by atoms with E-state index in [1.807, 2.05) is 49.3 Å². The number of methoxy groups -OCH3 is 1. The lowest BCUT2D eigenvalue weighted by Gasteiger charge is -2.22. The van der Waals surface area contributed by atoms with Gasteiger partial charge in [0.1, 0.15) is 5.75 Å². The molecule has 2 aromatic carbocycles. The molecule has 0 saturated heterocycles. The molecule has 27 heavy (non-hydrogen) atoms. The summed E-state index contributed by atoms with van der Waals surface area (Å²) < 4.78 is 6.04. The van der Waals surface area contributed by atoms with E-state index < -0.39 is 0 Å². The van der Waals surface area contributed by atoms with Gasteiger partial charge < -0.3 is 9.64 Å². The predicted molar refractivity (Wildman–Crippen MR) is 113 cm³/mol. The van der Waals surface area contributed by atoms with E-state index in [1.165, 1.54) is 0 Å². The highest BCUT2D eigenvalue weighted by Crippen LogP contribution is 2.23. The number of hydrogen-bond donors (Lipinski definition) is 0. The topological polar surface area (TPSA) is 32.8 Å². The summed E-state index contributed by atoms with van der Waals surface area (Å²) in [5, 5.41) is 2.27. The number of carbonyl (C=O) groups excluding carboxylic acids is 1. The van der Waals surface area contributed by atoms with Crippen LogP contribution in [0, 0.1) is 0 Å². The number of halogens is 1. The molecule has 0 fully saturated rings. The van der Waals surface area contributed by atoms with Crippen molar-refractivity contribution in [3.63, 3.8) is 0 Å². The SMILES string of the molecule is COc1ccc2cc(CN(C)C(=O)CN(C)Cc3ccc(Cl)s3)ccc2c1. The minimum Gasteiger partial charge on any atom is -0.497 e. The molecule has 0 aliphatic heterocycles. The van der Waals surface area contributed by atoms with Crippen molar-refractivity contribution in [3.05, 3.63) is 63.3 Å². The van der Waals surface area contributed by atoms with Crippen LogP contribution in [0.5, 0.6) is 5.75 Å². The van der Waals surface area contributed by atoms with Gasteiger partial charge in [-0.2, -0.15) is 0 Å². The maximum absolute atomic E-state index is 12.5. The Morgan fingerprint density at radius 1 is 1.04 bits per heavy atom. The second-order valence-electron chi connectivity index (χ2n) is 6.68. The monoisotopic (exact) mass is 402 g/mol. The first-order chi connectivity index (χ1) is 12.9. The average molecular weight is 403 g/mol. The molecule has 1 heterocycles. The lowest BCUT2D eigenvalue weighted by atomic mass is 10.1. The Morgan fingerprint density at radius 2 is 1.78 bits per heavy atom. The zero-order valence-corrected chi connectivity index (χ0v) is 17.3. The summed E-state index contributed by atoms with van der Waals surface area (Å²) in [6.07, 6.45) is 0. The summed E-state index contributed by atoms with van der Waals surface area (Å²) in [7, 11) is 5.46. The summed E-state index contributed by atoms with van der Waals surface area (Å²) in [4.78, 5) is 17.5. The molecule has 0 N–H and O–H groups in total. The quantitative estimate of drug-likeness (QED) is 0.576. The summed E-state index contributed by atoms with van der Waals surface area (Å²) in [5.41, 5.74) is 1.11. The minimum absolute atomic E-state index is 0.0926. The fourth-order valence-corrected chi connectivity index (χ4v) is 4.14. The summed E-state index contributed by atoms with van der Waals surface area (Å²) in [6.45, 7) is 1.67. The summed E-state index contributed by atoms with van der Waals surface area (Å²) >= 11 is 7.51. The maximum Gasteiger partial charge on any atom is 0.236 e. The number of benzene rings is 2. The van der Waals surface area contributed by atoms with Crippen molar-refractivity contribution in [1.29, 1.82) is 0 Å².